The number of rotatable bonds is 5. The van der Waals surface area contributed by atoms with Gasteiger partial charge < -0.3 is 14.8 Å². The lowest BCUT2D eigenvalue weighted by atomic mass is 10.2. The fraction of sp³-hybridized carbons (Fsp3) is 0.286. The highest BCUT2D eigenvalue weighted by atomic mass is 19.3. The number of benzene rings is 1. The Morgan fingerprint density at radius 3 is 2.14 bits per heavy atom. The van der Waals surface area contributed by atoms with E-state index in [-0.39, 0.29) is 17.3 Å². The Kier molecular flexibility index (Phi) is 4.52. The molecule has 0 radical (unpaired) electrons. The third kappa shape index (κ3) is 3.77. The highest BCUT2D eigenvalue weighted by Crippen LogP contribution is 2.28. The molecule has 5 nitrogen and oxygen atoms in total. The molecule has 0 saturated heterocycles. The molecule has 1 aromatic heterocycles. The van der Waals surface area contributed by atoms with Crippen LogP contribution >= 0.6 is 0 Å². The van der Waals surface area contributed by atoms with Gasteiger partial charge in [0.05, 0.1) is 14.2 Å². The van der Waals surface area contributed by atoms with Gasteiger partial charge in [0, 0.05) is 30.0 Å². The van der Waals surface area contributed by atoms with Crippen LogP contribution in [0.2, 0.25) is 0 Å². The Labute approximate surface area is 120 Å². The van der Waals surface area contributed by atoms with Gasteiger partial charge in [-0.1, -0.05) is 0 Å². The summed E-state index contributed by atoms with van der Waals surface area (Å²) in [5, 5.41) is 2.94. The van der Waals surface area contributed by atoms with Crippen molar-refractivity contribution < 1.29 is 18.3 Å². The fourth-order valence-corrected chi connectivity index (χ4v) is 1.79. The molecule has 0 atom stereocenters. The van der Waals surface area contributed by atoms with Crippen molar-refractivity contribution in [3.05, 3.63) is 35.8 Å². The first-order valence-electron chi connectivity index (χ1n) is 6.15. The van der Waals surface area contributed by atoms with E-state index >= 15 is 0 Å². The molecule has 112 valence electrons. The largest absolute Gasteiger partial charge is 0.497 e. The number of hydrogen-bond donors (Lipinski definition) is 1. The van der Waals surface area contributed by atoms with E-state index in [1.54, 1.807) is 25.1 Å². The van der Waals surface area contributed by atoms with E-state index in [0.717, 1.165) is 0 Å². The Bertz CT molecular complexity index is 613. The molecule has 0 saturated carbocycles. The maximum absolute atomic E-state index is 12.7. The molecular formula is C14H15F2N3O2. The van der Waals surface area contributed by atoms with Crippen molar-refractivity contribution in [2.75, 3.05) is 19.5 Å². The topological polar surface area (TPSA) is 56.3 Å². The molecule has 21 heavy (non-hydrogen) atoms. The second kappa shape index (κ2) is 6.34. The fourth-order valence-electron chi connectivity index (χ4n) is 1.79. The van der Waals surface area contributed by atoms with Crippen LogP contribution in [-0.2, 0) is 0 Å². The maximum atomic E-state index is 12.7. The van der Waals surface area contributed by atoms with Crippen LogP contribution in [0.5, 0.6) is 11.5 Å². The van der Waals surface area contributed by atoms with E-state index in [2.05, 4.69) is 15.3 Å². The second-order valence-electron chi connectivity index (χ2n) is 4.25. The van der Waals surface area contributed by atoms with Crippen molar-refractivity contribution in [2.45, 2.75) is 13.3 Å². The van der Waals surface area contributed by atoms with Gasteiger partial charge in [-0.25, -0.2) is 18.7 Å². The van der Waals surface area contributed by atoms with E-state index in [4.69, 9.17) is 9.47 Å². The SMILES string of the molecule is COc1cc(Nc2cc(C(F)F)nc(C)n2)cc(OC)c1. The third-order valence-corrected chi connectivity index (χ3v) is 2.71. The molecule has 0 amide bonds. The minimum Gasteiger partial charge on any atom is -0.497 e. The molecular weight excluding hydrogens is 280 g/mol. The van der Waals surface area contributed by atoms with Crippen LogP contribution in [0.25, 0.3) is 0 Å². The Morgan fingerprint density at radius 1 is 1.00 bits per heavy atom. The molecule has 0 fully saturated rings. The molecule has 0 aliphatic carbocycles. The Balaban J connectivity index is 2.33. The van der Waals surface area contributed by atoms with Crippen molar-refractivity contribution in [1.82, 2.24) is 9.97 Å². The summed E-state index contributed by atoms with van der Waals surface area (Å²) in [5.74, 6) is 1.71. The van der Waals surface area contributed by atoms with Crippen LogP contribution in [0.15, 0.2) is 24.3 Å². The zero-order valence-corrected chi connectivity index (χ0v) is 11.9. The molecule has 0 spiro atoms. The van der Waals surface area contributed by atoms with Crippen molar-refractivity contribution in [3.8, 4) is 11.5 Å². The molecule has 7 heteroatoms. The summed E-state index contributed by atoms with van der Waals surface area (Å²) in [6.45, 7) is 1.56. The third-order valence-electron chi connectivity index (χ3n) is 2.71. The summed E-state index contributed by atoms with van der Waals surface area (Å²) in [6.07, 6.45) is -2.65. The number of anilines is 2. The zero-order chi connectivity index (χ0) is 15.4. The van der Waals surface area contributed by atoms with Gasteiger partial charge in [0.2, 0.25) is 0 Å². The van der Waals surface area contributed by atoms with Gasteiger partial charge in [-0.2, -0.15) is 0 Å². The summed E-state index contributed by atoms with van der Waals surface area (Å²) in [7, 11) is 3.06. The molecule has 2 aromatic rings. The first-order chi connectivity index (χ1) is 10.0. The number of halogens is 2. The first-order valence-corrected chi connectivity index (χ1v) is 6.15. The van der Waals surface area contributed by atoms with E-state index in [9.17, 15) is 8.78 Å². The second-order valence-corrected chi connectivity index (χ2v) is 4.25. The monoisotopic (exact) mass is 295 g/mol. The lowest BCUT2D eigenvalue weighted by Gasteiger charge is -2.11. The van der Waals surface area contributed by atoms with E-state index in [0.29, 0.717) is 17.2 Å². The molecule has 1 N–H and O–H groups in total. The molecule has 1 heterocycles. The average molecular weight is 295 g/mol. The number of aromatic nitrogens is 2. The number of methoxy groups -OCH3 is 2. The number of nitrogens with one attached hydrogen (secondary N) is 1. The van der Waals surface area contributed by atoms with Crippen LogP contribution in [-0.4, -0.2) is 24.2 Å². The van der Waals surface area contributed by atoms with Gasteiger partial charge in [-0.3, -0.25) is 0 Å². The molecule has 0 bridgehead atoms. The van der Waals surface area contributed by atoms with Crippen LogP contribution < -0.4 is 14.8 Å². The van der Waals surface area contributed by atoms with Crippen molar-refractivity contribution in [2.24, 2.45) is 0 Å². The van der Waals surface area contributed by atoms with Gasteiger partial charge in [0.15, 0.2) is 0 Å². The summed E-state index contributed by atoms with van der Waals surface area (Å²) >= 11 is 0. The predicted octanol–water partition coefficient (Wildman–Crippen LogP) is 3.48. The molecule has 0 aliphatic rings. The van der Waals surface area contributed by atoms with Gasteiger partial charge in [0.25, 0.3) is 6.43 Å². The van der Waals surface area contributed by atoms with E-state index in [1.165, 1.54) is 20.3 Å². The normalized spacial score (nSPS) is 10.6. The smallest absolute Gasteiger partial charge is 0.280 e. The Hall–Kier alpha value is -2.44. The summed E-state index contributed by atoms with van der Waals surface area (Å²) in [4.78, 5) is 7.78. The highest BCUT2D eigenvalue weighted by Gasteiger charge is 2.12. The predicted molar refractivity (Wildman–Crippen MR) is 74.6 cm³/mol. The quantitative estimate of drug-likeness (QED) is 0.915. The van der Waals surface area contributed by atoms with Gasteiger partial charge >= 0.3 is 0 Å². The average Bonchev–Trinajstić information content (AvgIpc) is 2.46. The summed E-state index contributed by atoms with van der Waals surface area (Å²) in [6, 6.07) is 6.34. The van der Waals surface area contributed by atoms with Crippen molar-refractivity contribution in [3.63, 3.8) is 0 Å². The van der Waals surface area contributed by atoms with Crippen molar-refractivity contribution in [1.29, 1.82) is 0 Å². The summed E-state index contributed by atoms with van der Waals surface area (Å²) in [5.41, 5.74) is 0.296. The lowest BCUT2D eigenvalue weighted by molar-refractivity contribution is 0.145. The summed E-state index contributed by atoms with van der Waals surface area (Å²) < 4.78 is 35.8. The van der Waals surface area contributed by atoms with Crippen LogP contribution in [0, 0.1) is 6.92 Å². The van der Waals surface area contributed by atoms with Gasteiger partial charge in [0.1, 0.15) is 28.8 Å². The number of nitrogens with zero attached hydrogens (tertiary/aromatic N) is 2. The van der Waals surface area contributed by atoms with Gasteiger partial charge in [-0.15, -0.1) is 0 Å². The lowest BCUT2D eigenvalue weighted by Crippen LogP contribution is -2.01. The molecule has 0 aliphatic heterocycles. The number of hydrogen-bond acceptors (Lipinski definition) is 5. The number of aryl methyl sites for hydroxylation is 1. The van der Waals surface area contributed by atoms with Crippen LogP contribution in [0.3, 0.4) is 0 Å². The molecule has 2 rings (SSSR count). The number of ether oxygens (including phenoxy) is 2. The van der Waals surface area contributed by atoms with E-state index < -0.39 is 6.43 Å². The van der Waals surface area contributed by atoms with Crippen molar-refractivity contribution >= 4 is 11.5 Å². The Morgan fingerprint density at radius 2 is 1.62 bits per heavy atom. The van der Waals surface area contributed by atoms with Gasteiger partial charge in [-0.05, 0) is 6.92 Å². The van der Waals surface area contributed by atoms with E-state index in [1.807, 2.05) is 0 Å². The maximum Gasteiger partial charge on any atom is 0.280 e. The first kappa shape index (κ1) is 15.0. The van der Waals surface area contributed by atoms with Crippen LogP contribution in [0.4, 0.5) is 20.3 Å². The standard InChI is InChI=1S/C14H15F2N3O2/c1-8-17-12(14(15)16)7-13(18-8)19-9-4-10(20-2)6-11(5-9)21-3/h4-7,14H,1-3H3,(H,17,18,19). The van der Waals surface area contributed by atoms with Crippen LogP contribution in [0.1, 0.15) is 17.9 Å². The minimum absolute atomic E-state index is 0.269. The molecule has 1 aromatic carbocycles. The molecule has 0 unspecified atom stereocenters. The number of alkyl halides is 2. The zero-order valence-electron chi connectivity index (χ0n) is 11.9. The highest BCUT2D eigenvalue weighted by molar-refractivity contribution is 5.61. The minimum atomic E-state index is -2.65.